The summed E-state index contributed by atoms with van der Waals surface area (Å²) in [5, 5.41) is 1.27. The van der Waals surface area contributed by atoms with E-state index in [9.17, 15) is 13.6 Å². The standard InChI is InChI=1S/C3H7NO3S/c1-3(4-2-5)8(6)7/h2-3H,1H3,(H,4,5)(H,6,7)/p-1. The van der Waals surface area contributed by atoms with Crippen molar-refractivity contribution in [2.45, 2.75) is 12.3 Å². The fourth-order valence-electron chi connectivity index (χ4n) is 0.151. The molecule has 4 nitrogen and oxygen atoms in total. The highest BCUT2D eigenvalue weighted by molar-refractivity contribution is 7.79. The van der Waals surface area contributed by atoms with Gasteiger partial charge in [0.2, 0.25) is 6.41 Å². The van der Waals surface area contributed by atoms with Gasteiger partial charge in [-0.2, -0.15) is 0 Å². The van der Waals surface area contributed by atoms with Gasteiger partial charge in [-0.05, 0) is 18.0 Å². The second-order valence-corrected chi connectivity index (χ2v) is 2.42. The quantitative estimate of drug-likeness (QED) is 0.398. The van der Waals surface area contributed by atoms with Crippen molar-refractivity contribution in [3.8, 4) is 0 Å². The summed E-state index contributed by atoms with van der Waals surface area (Å²) in [7, 11) is 0. The van der Waals surface area contributed by atoms with E-state index in [1.165, 1.54) is 6.92 Å². The normalized spacial score (nSPS) is 16.8. The van der Waals surface area contributed by atoms with Crippen LogP contribution in [0.1, 0.15) is 6.92 Å². The molecule has 1 amide bonds. The van der Waals surface area contributed by atoms with Crippen molar-refractivity contribution < 1.29 is 13.6 Å². The topological polar surface area (TPSA) is 69.2 Å². The first-order valence-electron chi connectivity index (χ1n) is 1.96. The van der Waals surface area contributed by atoms with Gasteiger partial charge >= 0.3 is 0 Å². The van der Waals surface area contributed by atoms with Gasteiger partial charge in [0.25, 0.3) is 0 Å². The van der Waals surface area contributed by atoms with Crippen molar-refractivity contribution >= 4 is 17.5 Å². The smallest absolute Gasteiger partial charge is 0.208 e. The molecule has 0 aliphatic heterocycles. The summed E-state index contributed by atoms with van der Waals surface area (Å²) in [6.07, 6.45) is 0.348. The molecule has 0 heterocycles. The molecule has 0 saturated carbocycles. The third-order valence-electron chi connectivity index (χ3n) is 0.591. The Morgan fingerprint density at radius 1 is 1.88 bits per heavy atom. The first kappa shape index (κ1) is 7.58. The molecule has 1 N–H and O–H groups in total. The molecule has 0 aliphatic rings. The van der Waals surface area contributed by atoms with Crippen LogP contribution in [0, 0.1) is 0 Å². The van der Waals surface area contributed by atoms with Crippen molar-refractivity contribution in [3.63, 3.8) is 0 Å². The lowest BCUT2D eigenvalue weighted by Gasteiger charge is -2.11. The first-order valence-corrected chi connectivity index (χ1v) is 3.10. The second kappa shape index (κ2) is 3.57. The molecule has 8 heavy (non-hydrogen) atoms. The molecule has 0 fully saturated rings. The predicted molar refractivity (Wildman–Crippen MR) is 27.6 cm³/mol. The van der Waals surface area contributed by atoms with Crippen LogP contribution >= 0.6 is 0 Å². The summed E-state index contributed by atoms with van der Waals surface area (Å²) in [5.41, 5.74) is 0. The average molecular weight is 136 g/mol. The first-order chi connectivity index (χ1) is 3.68. The molecule has 5 heteroatoms. The van der Waals surface area contributed by atoms with E-state index in [2.05, 4.69) is 5.32 Å². The van der Waals surface area contributed by atoms with Crippen LogP contribution in [0.2, 0.25) is 0 Å². The van der Waals surface area contributed by atoms with E-state index in [4.69, 9.17) is 0 Å². The second-order valence-electron chi connectivity index (χ2n) is 1.19. The number of hydrogen-bond acceptors (Lipinski definition) is 3. The fourth-order valence-corrected chi connectivity index (χ4v) is 0.318. The minimum absolute atomic E-state index is 0.348. The van der Waals surface area contributed by atoms with E-state index in [0.29, 0.717) is 6.41 Å². The lowest BCUT2D eigenvalue weighted by molar-refractivity contribution is -0.109. The van der Waals surface area contributed by atoms with Gasteiger partial charge in [-0.15, -0.1) is 0 Å². The van der Waals surface area contributed by atoms with Crippen molar-refractivity contribution in [2.24, 2.45) is 0 Å². The van der Waals surface area contributed by atoms with Gasteiger partial charge in [-0.1, -0.05) is 0 Å². The van der Waals surface area contributed by atoms with Crippen LogP contribution in [0.15, 0.2) is 0 Å². The van der Waals surface area contributed by atoms with Crippen LogP contribution in [0.3, 0.4) is 0 Å². The van der Waals surface area contributed by atoms with Gasteiger partial charge in [0.05, 0.1) is 5.37 Å². The van der Waals surface area contributed by atoms with Gasteiger partial charge < -0.3 is 9.87 Å². The molecule has 0 spiro atoms. The fraction of sp³-hybridized carbons (Fsp3) is 0.667. The zero-order valence-corrected chi connectivity index (χ0v) is 5.10. The van der Waals surface area contributed by atoms with Gasteiger partial charge in [-0.25, -0.2) is 0 Å². The summed E-state index contributed by atoms with van der Waals surface area (Å²) >= 11 is -2.20. The lowest BCUT2D eigenvalue weighted by Crippen LogP contribution is -2.28. The molecule has 0 bridgehead atoms. The summed E-state index contributed by atoms with van der Waals surface area (Å²) < 4.78 is 19.7. The summed E-state index contributed by atoms with van der Waals surface area (Å²) in [6.45, 7) is 1.37. The molecular weight excluding hydrogens is 130 g/mol. The van der Waals surface area contributed by atoms with Gasteiger partial charge in [0.15, 0.2) is 0 Å². The van der Waals surface area contributed by atoms with E-state index in [1.807, 2.05) is 0 Å². The molecule has 0 radical (unpaired) electrons. The largest absolute Gasteiger partial charge is 0.771 e. The third-order valence-corrected chi connectivity index (χ3v) is 1.30. The Hall–Kier alpha value is -0.420. The van der Waals surface area contributed by atoms with E-state index >= 15 is 0 Å². The SMILES string of the molecule is CC(NC=O)S(=O)[O-]. The lowest BCUT2D eigenvalue weighted by atomic mass is 10.8. The van der Waals surface area contributed by atoms with Crippen LogP contribution in [0.25, 0.3) is 0 Å². The van der Waals surface area contributed by atoms with Crippen LogP contribution in [-0.2, 0) is 15.9 Å². The molecule has 0 saturated heterocycles. The number of hydrogen-bond donors (Lipinski definition) is 1. The summed E-state index contributed by atoms with van der Waals surface area (Å²) in [5.74, 6) is 0. The monoisotopic (exact) mass is 136 g/mol. The Balaban J connectivity index is 3.46. The van der Waals surface area contributed by atoms with Crippen LogP contribution < -0.4 is 5.32 Å². The van der Waals surface area contributed by atoms with Crippen LogP contribution in [-0.4, -0.2) is 20.5 Å². The van der Waals surface area contributed by atoms with Gasteiger partial charge in [-0.3, -0.25) is 9.00 Å². The highest BCUT2D eigenvalue weighted by atomic mass is 32.2. The van der Waals surface area contributed by atoms with Gasteiger partial charge in [0, 0.05) is 0 Å². The van der Waals surface area contributed by atoms with E-state index < -0.39 is 16.5 Å². The average Bonchev–Trinajstić information content (AvgIpc) is 1.67. The molecular formula is C3H6NO3S-. The molecule has 2 atom stereocenters. The minimum Gasteiger partial charge on any atom is -0.771 e. The maximum absolute atomic E-state index is 9.87. The van der Waals surface area contributed by atoms with Crippen LogP contribution in [0.4, 0.5) is 0 Å². The number of nitrogens with one attached hydrogen (secondary N) is 1. The Morgan fingerprint density at radius 3 is 2.50 bits per heavy atom. The maximum Gasteiger partial charge on any atom is 0.208 e. The van der Waals surface area contributed by atoms with Crippen molar-refractivity contribution in [2.75, 3.05) is 0 Å². The Bertz CT molecular complexity index is 105. The van der Waals surface area contributed by atoms with Crippen molar-refractivity contribution in [3.05, 3.63) is 0 Å². The Morgan fingerprint density at radius 2 is 2.38 bits per heavy atom. The number of carbonyl (C=O) groups is 1. The molecule has 0 aromatic rings. The van der Waals surface area contributed by atoms with Crippen molar-refractivity contribution in [1.82, 2.24) is 5.32 Å². The molecule has 48 valence electrons. The van der Waals surface area contributed by atoms with E-state index in [1.54, 1.807) is 0 Å². The summed E-state index contributed by atoms with van der Waals surface area (Å²) in [6, 6.07) is 0. The zero-order valence-electron chi connectivity index (χ0n) is 4.29. The molecule has 2 unspecified atom stereocenters. The maximum atomic E-state index is 9.87. The number of amides is 1. The van der Waals surface area contributed by atoms with E-state index in [-0.39, 0.29) is 0 Å². The molecule has 0 aromatic carbocycles. The molecule has 0 rings (SSSR count). The molecule has 0 aromatic heterocycles. The minimum atomic E-state index is -2.20. The van der Waals surface area contributed by atoms with Crippen LogP contribution in [0.5, 0.6) is 0 Å². The molecule has 0 aliphatic carbocycles. The predicted octanol–water partition coefficient (Wildman–Crippen LogP) is -1.04. The van der Waals surface area contributed by atoms with Gasteiger partial charge in [0.1, 0.15) is 0 Å². The highest BCUT2D eigenvalue weighted by Crippen LogP contribution is 1.81. The highest BCUT2D eigenvalue weighted by Gasteiger charge is 1.94. The van der Waals surface area contributed by atoms with E-state index in [0.717, 1.165) is 0 Å². The Labute approximate surface area is 49.6 Å². The summed E-state index contributed by atoms with van der Waals surface area (Å²) in [4.78, 5) is 9.54. The van der Waals surface area contributed by atoms with Crippen molar-refractivity contribution in [1.29, 1.82) is 0 Å². The number of rotatable bonds is 3. The third kappa shape index (κ3) is 2.70. The zero-order chi connectivity index (χ0) is 6.57. The Kier molecular flexibility index (Phi) is 3.38. The number of carbonyl (C=O) groups excluding carboxylic acids is 1.